The predicted molar refractivity (Wildman–Crippen MR) is 300 cm³/mol. The van der Waals surface area contributed by atoms with E-state index in [4.69, 9.17) is 75.4 Å². The molecule has 1 aliphatic heterocycles. The Morgan fingerprint density at radius 2 is 1.19 bits per heavy atom. The number of carbonyl (C=O) groups is 2. The fourth-order valence-electron chi connectivity index (χ4n) is 5.33. The SMILES string of the molecule is COc1nc(/C(N)=N/O)ccc1Br.COc1nc(/C(N)=N/OCC(=O)c2ccccc2Cl)ccc1Br.COc1nc(C2=NC(c3ccccc3Cl)CON2)ccc1Br.CP=S.O=C(CBr)c1ccccc1Cl. The van der Waals surface area contributed by atoms with E-state index >= 15 is 0 Å². The number of nitrogens with one attached hydrogen (secondary N) is 1. The molecule has 7 rings (SSSR count). The third-order valence-corrected chi connectivity index (χ3v) is 12.0. The van der Waals surface area contributed by atoms with Crippen molar-refractivity contribution >= 4 is 147 Å². The van der Waals surface area contributed by atoms with Crippen molar-refractivity contribution in [2.45, 2.75) is 6.04 Å². The highest BCUT2D eigenvalue weighted by molar-refractivity contribution is 9.11. The number of rotatable bonds is 13. The molecule has 0 aliphatic carbocycles. The van der Waals surface area contributed by atoms with Gasteiger partial charge in [-0.25, -0.2) is 20.4 Å². The molecule has 1 aliphatic rings. The lowest BCUT2D eigenvalue weighted by Gasteiger charge is -2.22. The highest BCUT2D eigenvalue weighted by Gasteiger charge is 2.22. The highest BCUT2D eigenvalue weighted by Crippen LogP contribution is 2.29. The molecule has 0 radical (unpaired) electrons. The Labute approximate surface area is 470 Å². The maximum atomic E-state index is 12.0. The Bertz CT molecular complexity index is 2880. The summed E-state index contributed by atoms with van der Waals surface area (Å²) in [6.45, 7) is 2.04. The van der Waals surface area contributed by atoms with E-state index in [1.807, 2.05) is 43.1 Å². The smallest absolute Gasteiger partial charge is 0.228 e. The van der Waals surface area contributed by atoms with Gasteiger partial charge < -0.3 is 35.7 Å². The number of hydrogen-bond acceptors (Lipinski definition) is 16. The van der Waals surface area contributed by atoms with Crippen LogP contribution in [0.3, 0.4) is 0 Å². The molecule has 3 aromatic carbocycles. The molecule has 0 spiro atoms. The molecule has 1 unspecified atom stereocenters. The number of ketones is 2. The van der Waals surface area contributed by atoms with Gasteiger partial charge in [0.2, 0.25) is 23.4 Å². The summed E-state index contributed by atoms with van der Waals surface area (Å²) in [5.74, 6) is 1.48. The van der Waals surface area contributed by atoms with Gasteiger partial charge in [-0.2, -0.15) is 0 Å². The number of carbonyl (C=O) groups excluding carboxylic acids is 2. The summed E-state index contributed by atoms with van der Waals surface area (Å²) in [6.07, 6.45) is 0. The van der Waals surface area contributed by atoms with Crippen LogP contribution >= 0.6 is 106 Å². The van der Waals surface area contributed by atoms with E-state index in [9.17, 15) is 9.59 Å². The number of nitrogens with two attached hydrogens (primary N) is 2. The van der Waals surface area contributed by atoms with Crippen LogP contribution in [0.1, 0.15) is 49.4 Å². The molecule has 17 nitrogen and oxygen atoms in total. The second kappa shape index (κ2) is 33.0. The van der Waals surface area contributed by atoms with E-state index in [-0.39, 0.29) is 35.9 Å². The first-order valence-corrected chi connectivity index (χ1v) is 27.1. The average Bonchev–Trinajstić information content (AvgIpc) is 3.39. The number of pyridine rings is 3. The minimum atomic E-state index is -0.298. The highest BCUT2D eigenvalue weighted by atomic mass is 79.9. The first-order valence-electron chi connectivity index (χ1n) is 20.2. The lowest BCUT2D eigenvalue weighted by atomic mass is 10.1. The lowest BCUT2D eigenvalue weighted by molar-refractivity contribution is 0.0620. The molecule has 0 saturated heterocycles. The van der Waals surface area contributed by atoms with Crippen molar-refractivity contribution in [1.29, 1.82) is 0 Å². The van der Waals surface area contributed by atoms with E-state index < -0.39 is 0 Å². The van der Waals surface area contributed by atoms with Crippen molar-refractivity contribution in [2.75, 3.05) is 46.5 Å². The number of ether oxygens (including phenoxy) is 3. The molecule has 6 N–H and O–H groups in total. The van der Waals surface area contributed by atoms with Crippen LogP contribution in [0.15, 0.2) is 138 Å². The zero-order chi connectivity index (χ0) is 53.2. The third kappa shape index (κ3) is 19.5. The maximum Gasteiger partial charge on any atom is 0.228 e. The van der Waals surface area contributed by atoms with Crippen LogP contribution in [0.2, 0.25) is 15.1 Å². The van der Waals surface area contributed by atoms with Gasteiger partial charge in [0.05, 0.1) is 50.1 Å². The molecule has 0 amide bonds. The van der Waals surface area contributed by atoms with Crippen molar-refractivity contribution in [1.82, 2.24) is 20.4 Å². The fourth-order valence-corrected chi connectivity index (χ4v) is 7.53. The van der Waals surface area contributed by atoms with E-state index in [1.165, 1.54) is 14.2 Å². The van der Waals surface area contributed by atoms with Gasteiger partial charge >= 0.3 is 0 Å². The van der Waals surface area contributed by atoms with Crippen LogP contribution in [0.25, 0.3) is 0 Å². The van der Waals surface area contributed by atoms with E-state index in [1.54, 1.807) is 79.9 Å². The summed E-state index contributed by atoms with van der Waals surface area (Å²) in [7, 11) is 5.54. The monoisotopic (exact) mass is 1330 g/mol. The molecular weight excluding hydrogens is 1300 g/mol. The predicted octanol–water partition coefficient (Wildman–Crippen LogP) is 11.4. The Hall–Kier alpha value is -4.87. The number of alkyl halides is 1. The molecule has 72 heavy (non-hydrogen) atoms. The number of halogens is 7. The number of benzene rings is 3. The van der Waals surface area contributed by atoms with E-state index in [0.29, 0.717) is 87.6 Å². The molecule has 4 heterocycles. The summed E-state index contributed by atoms with van der Waals surface area (Å²) in [5.41, 5.74) is 17.1. The maximum absolute atomic E-state index is 12.0. The van der Waals surface area contributed by atoms with Gasteiger partial charge in [0.1, 0.15) is 29.7 Å². The van der Waals surface area contributed by atoms with Crippen LogP contribution in [0.5, 0.6) is 17.6 Å². The van der Waals surface area contributed by atoms with Crippen LogP contribution < -0.4 is 31.2 Å². The Kier molecular flexibility index (Phi) is 28.2. The van der Waals surface area contributed by atoms with Crippen LogP contribution in [-0.2, 0) is 21.5 Å². The minimum absolute atomic E-state index is 0.00981. The quantitative estimate of drug-likeness (QED) is 0.0160. The van der Waals surface area contributed by atoms with Crippen molar-refractivity contribution in [3.8, 4) is 17.6 Å². The van der Waals surface area contributed by atoms with Gasteiger partial charge in [0.25, 0.3) is 0 Å². The number of oxime groups is 2. The second-order valence-corrected chi connectivity index (χ2v) is 19.2. The van der Waals surface area contributed by atoms with Crippen molar-refractivity contribution < 1.29 is 38.7 Å². The first kappa shape index (κ1) is 61.4. The van der Waals surface area contributed by atoms with Crippen molar-refractivity contribution in [2.24, 2.45) is 26.8 Å². The number of hydroxylamine groups is 1. The Morgan fingerprint density at radius 1 is 0.736 bits per heavy atom. The van der Waals surface area contributed by atoms with Crippen LogP contribution in [0, 0.1) is 0 Å². The second-order valence-electron chi connectivity index (χ2n) is 13.3. The number of aliphatic imine (C=N–C) groups is 1. The molecule has 6 aromatic rings. The molecule has 0 bridgehead atoms. The van der Waals surface area contributed by atoms with E-state index in [2.05, 4.69) is 111 Å². The molecule has 1 atom stereocenters. The molecule has 0 fully saturated rings. The summed E-state index contributed by atoms with van der Waals surface area (Å²) >= 11 is 35.3. The van der Waals surface area contributed by atoms with Gasteiger partial charge in [-0.1, -0.05) is 115 Å². The number of aromatic nitrogens is 3. The van der Waals surface area contributed by atoms with Crippen molar-refractivity contribution in [3.05, 3.63) is 171 Å². The Balaban J connectivity index is 0.000000259. The Morgan fingerprint density at radius 3 is 1.68 bits per heavy atom. The van der Waals surface area contributed by atoms with Crippen LogP contribution in [0.4, 0.5) is 0 Å². The van der Waals surface area contributed by atoms with Gasteiger partial charge in [-0.3, -0.25) is 19.4 Å². The summed E-state index contributed by atoms with van der Waals surface area (Å²) in [4.78, 5) is 50.7. The third-order valence-electron chi connectivity index (χ3n) is 8.68. The number of amidine groups is 3. The van der Waals surface area contributed by atoms with Gasteiger partial charge in [0, 0.05) is 16.1 Å². The molecule has 380 valence electrons. The molecule has 3 aromatic heterocycles. The normalized spacial score (nSPS) is 12.8. The van der Waals surface area contributed by atoms with Gasteiger partial charge in [-0.15, -0.1) is 0 Å². The average molecular weight is 1340 g/mol. The van der Waals surface area contributed by atoms with Gasteiger partial charge in [0.15, 0.2) is 29.9 Å². The molecule has 26 heteroatoms. The summed E-state index contributed by atoms with van der Waals surface area (Å²) in [6, 6.07) is 31.5. The van der Waals surface area contributed by atoms with Crippen LogP contribution in [-0.4, -0.2) is 95.8 Å². The zero-order valence-electron chi connectivity index (χ0n) is 38.2. The van der Waals surface area contributed by atoms with Crippen molar-refractivity contribution in [3.63, 3.8) is 0 Å². The minimum Gasteiger partial charge on any atom is -0.480 e. The summed E-state index contributed by atoms with van der Waals surface area (Å²) in [5, 5.41) is 16.8. The number of methoxy groups -OCH3 is 3. The first-order chi connectivity index (χ1) is 34.6. The van der Waals surface area contributed by atoms with Gasteiger partial charge in [-0.05, 0) is 134 Å². The fraction of sp³-hybridized carbons (Fsp3) is 0.174. The van der Waals surface area contributed by atoms with E-state index in [0.717, 1.165) is 17.4 Å². The molecule has 0 saturated carbocycles. The molecular formula is C46H43Br4Cl3N9O8PS. The number of nitrogens with zero attached hydrogens (tertiary/aromatic N) is 6. The topological polar surface area (TPSA) is 240 Å². The zero-order valence-corrected chi connectivity index (χ0v) is 48.6. The number of Topliss-reactive ketones (excluding diaryl/α,β-unsaturated/α-hetero) is 2. The number of hydrogen-bond donors (Lipinski definition) is 4. The standard InChI is InChI=1S/C15H13BrClN3O3.C15H13BrClN3O2.C8H6BrClO.C7H8BrN3O2.CH3PS/c1-22-15-10(16)6-7-12(19-15)14(18)20-23-8-13(21)9-4-2-3-5-11(9)17;1-21-15-10(16)6-7-12(19-15)14-18-13(8-22-20-14)9-4-2-3-5-11(9)17;9-5-8(11)6-3-1-2-4-7(6)10;1-13-7-4(8)2-3-5(10-7)6(9)11-12;1-2-3/h2-7H,8H2,1H3,(H2,18,20);2-7,13H,8H2,1H3,(H,18,20);1-4H,5H2;2-3,12H,1H3,(H2,9,11);1H3. The lowest BCUT2D eigenvalue weighted by Crippen LogP contribution is -2.33. The largest absolute Gasteiger partial charge is 0.480 e. The summed E-state index contributed by atoms with van der Waals surface area (Å²) < 4.78 is 17.4.